The van der Waals surface area contributed by atoms with Gasteiger partial charge in [-0.3, -0.25) is 9.69 Å². The highest BCUT2D eigenvalue weighted by Gasteiger charge is 2.34. The molecule has 0 aliphatic carbocycles. The van der Waals surface area contributed by atoms with E-state index in [-0.39, 0.29) is 11.7 Å². The Morgan fingerprint density at radius 3 is 2.30 bits per heavy atom. The van der Waals surface area contributed by atoms with Crippen molar-refractivity contribution in [3.63, 3.8) is 0 Å². The van der Waals surface area contributed by atoms with Crippen LogP contribution in [0.1, 0.15) is 16.7 Å². The lowest BCUT2D eigenvalue weighted by atomic mass is 10.1. The summed E-state index contributed by atoms with van der Waals surface area (Å²) in [4.78, 5) is 14.9. The van der Waals surface area contributed by atoms with E-state index in [1.807, 2.05) is 32.0 Å². The summed E-state index contributed by atoms with van der Waals surface area (Å²) in [5.74, 6) is -0.438. The molecule has 2 aromatic carbocycles. The summed E-state index contributed by atoms with van der Waals surface area (Å²) >= 11 is 6.67. The Kier molecular flexibility index (Phi) is 4.33. The number of nitrogens with zero attached hydrogens (tertiary/aromatic N) is 1. The molecule has 2 aromatic rings. The molecule has 1 saturated heterocycles. The zero-order valence-corrected chi connectivity index (χ0v) is 14.3. The Hall–Kier alpha value is -1.98. The SMILES string of the molecule is Cc1cccc(C)c1N1C(=O)/C(=C/c2ccc(F)cc2)SC1=S. The van der Waals surface area contributed by atoms with E-state index in [0.29, 0.717) is 9.23 Å². The van der Waals surface area contributed by atoms with Crippen molar-refractivity contribution in [3.8, 4) is 0 Å². The summed E-state index contributed by atoms with van der Waals surface area (Å²) in [5, 5.41) is 0. The largest absolute Gasteiger partial charge is 0.270 e. The summed E-state index contributed by atoms with van der Waals surface area (Å²) in [7, 11) is 0. The number of thioether (sulfide) groups is 1. The second-order valence-electron chi connectivity index (χ2n) is 5.31. The number of aryl methyl sites for hydroxylation is 2. The molecular weight excluding hydrogens is 329 g/mol. The molecule has 0 N–H and O–H groups in total. The van der Waals surface area contributed by atoms with Crippen LogP contribution in [0.4, 0.5) is 10.1 Å². The molecule has 2 nitrogen and oxygen atoms in total. The van der Waals surface area contributed by atoms with Crippen molar-refractivity contribution >= 4 is 46.0 Å². The minimum Gasteiger partial charge on any atom is -0.268 e. The fourth-order valence-electron chi connectivity index (χ4n) is 2.53. The van der Waals surface area contributed by atoms with Crippen molar-refractivity contribution in [1.82, 2.24) is 0 Å². The summed E-state index contributed by atoms with van der Waals surface area (Å²) in [6, 6.07) is 11.9. The maximum absolute atomic E-state index is 13.0. The van der Waals surface area contributed by atoms with Crippen LogP contribution in [-0.2, 0) is 4.79 Å². The highest BCUT2D eigenvalue weighted by Crippen LogP contribution is 2.38. The number of anilines is 1. The molecule has 1 aliphatic rings. The maximum Gasteiger partial charge on any atom is 0.270 e. The summed E-state index contributed by atoms with van der Waals surface area (Å²) in [6.45, 7) is 3.93. The maximum atomic E-state index is 13.0. The number of hydrogen-bond acceptors (Lipinski definition) is 3. The van der Waals surface area contributed by atoms with Gasteiger partial charge in [-0.25, -0.2) is 4.39 Å². The summed E-state index contributed by atoms with van der Waals surface area (Å²) in [5.41, 5.74) is 3.62. The van der Waals surface area contributed by atoms with Crippen molar-refractivity contribution in [3.05, 3.63) is 69.9 Å². The van der Waals surface area contributed by atoms with Gasteiger partial charge < -0.3 is 0 Å². The number of carbonyl (C=O) groups excluding carboxylic acids is 1. The molecule has 0 atom stereocenters. The first kappa shape index (κ1) is 15.9. The van der Waals surface area contributed by atoms with Crippen LogP contribution in [0.15, 0.2) is 47.4 Å². The molecule has 0 radical (unpaired) electrons. The lowest BCUT2D eigenvalue weighted by Gasteiger charge is -2.19. The lowest BCUT2D eigenvalue weighted by Crippen LogP contribution is -2.29. The molecule has 0 aromatic heterocycles. The molecule has 1 amide bonds. The Balaban J connectivity index is 1.99. The standard InChI is InChI=1S/C18H14FNOS2/c1-11-4-3-5-12(2)16(11)20-17(21)15(23-18(20)22)10-13-6-8-14(19)9-7-13/h3-10H,1-2H3/b15-10-. The minimum atomic E-state index is -0.301. The molecule has 3 rings (SSSR count). The topological polar surface area (TPSA) is 20.3 Å². The second-order valence-corrected chi connectivity index (χ2v) is 6.98. The average Bonchev–Trinajstić information content (AvgIpc) is 2.77. The molecule has 0 bridgehead atoms. The first-order chi connectivity index (χ1) is 11.0. The van der Waals surface area contributed by atoms with Crippen LogP contribution in [-0.4, -0.2) is 10.2 Å². The van der Waals surface area contributed by atoms with Gasteiger partial charge in [0.25, 0.3) is 5.91 Å². The van der Waals surface area contributed by atoms with Gasteiger partial charge in [-0.05, 0) is 48.7 Å². The van der Waals surface area contributed by atoms with Gasteiger partial charge in [0, 0.05) is 0 Å². The number of halogens is 1. The van der Waals surface area contributed by atoms with Crippen molar-refractivity contribution in [2.45, 2.75) is 13.8 Å². The molecule has 0 spiro atoms. The predicted octanol–water partition coefficient (Wildman–Crippen LogP) is 4.85. The van der Waals surface area contributed by atoms with Crippen LogP contribution < -0.4 is 4.90 Å². The fourth-order valence-corrected chi connectivity index (χ4v) is 3.80. The van der Waals surface area contributed by atoms with E-state index in [0.717, 1.165) is 22.4 Å². The van der Waals surface area contributed by atoms with Crippen LogP contribution in [0.5, 0.6) is 0 Å². The van der Waals surface area contributed by atoms with Crippen LogP contribution in [0.3, 0.4) is 0 Å². The molecular formula is C18H14FNOS2. The van der Waals surface area contributed by atoms with Gasteiger partial charge >= 0.3 is 0 Å². The van der Waals surface area contributed by atoms with Gasteiger partial charge in [-0.2, -0.15) is 0 Å². The lowest BCUT2D eigenvalue weighted by molar-refractivity contribution is -0.113. The van der Waals surface area contributed by atoms with E-state index in [4.69, 9.17) is 12.2 Å². The van der Waals surface area contributed by atoms with Crippen LogP contribution in [0, 0.1) is 19.7 Å². The number of thiocarbonyl (C=S) groups is 1. The third kappa shape index (κ3) is 3.07. The van der Waals surface area contributed by atoms with E-state index in [9.17, 15) is 9.18 Å². The van der Waals surface area contributed by atoms with Crippen LogP contribution in [0.25, 0.3) is 6.08 Å². The number of benzene rings is 2. The van der Waals surface area contributed by atoms with Gasteiger partial charge in [0.2, 0.25) is 0 Å². The van der Waals surface area contributed by atoms with Crippen molar-refractivity contribution < 1.29 is 9.18 Å². The molecule has 5 heteroatoms. The Bertz CT molecular complexity index is 807. The summed E-state index contributed by atoms with van der Waals surface area (Å²) in [6.07, 6.45) is 1.74. The zero-order valence-electron chi connectivity index (χ0n) is 12.7. The van der Waals surface area contributed by atoms with Crippen molar-refractivity contribution in [1.29, 1.82) is 0 Å². The smallest absolute Gasteiger partial charge is 0.268 e. The number of para-hydroxylation sites is 1. The average molecular weight is 343 g/mol. The molecule has 1 fully saturated rings. The Morgan fingerprint density at radius 1 is 1.09 bits per heavy atom. The Labute approximate surface area is 144 Å². The third-order valence-electron chi connectivity index (χ3n) is 3.62. The second kappa shape index (κ2) is 6.26. The van der Waals surface area contributed by atoms with Gasteiger partial charge in [0.15, 0.2) is 4.32 Å². The highest BCUT2D eigenvalue weighted by molar-refractivity contribution is 8.27. The number of amides is 1. The quantitative estimate of drug-likeness (QED) is 0.574. The van der Waals surface area contributed by atoms with Crippen LogP contribution >= 0.6 is 24.0 Å². The predicted molar refractivity (Wildman–Crippen MR) is 98.0 cm³/mol. The third-order valence-corrected chi connectivity index (χ3v) is 4.93. The number of rotatable bonds is 2. The number of hydrogen-bond donors (Lipinski definition) is 0. The molecule has 116 valence electrons. The van der Waals surface area contributed by atoms with Crippen LogP contribution in [0.2, 0.25) is 0 Å². The van der Waals surface area contributed by atoms with E-state index < -0.39 is 0 Å². The molecule has 0 saturated carbocycles. The zero-order chi connectivity index (χ0) is 16.6. The van der Waals surface area contributed by atoms with E-state index in [2.05, 4.69) is 0 Å². The minimum absolute atomic E-state index is 0.137. The first-order valence-corrected chi connectivity index (χ1v) is 8.29. The molecule has 0 unspecified atom stereocenters. The van der Waals surface area contributed by atoms with Crippen molar-refractivity contribution in [2.24, 2.45) is 0 Å². The molecule has 23 heavy (non-hydrogen) atoms. The fraction of sp³-hybridized carbons (Fsp3) is 0.111. The van der Waals surface area contributed by atoms with Gasteiger partial charge in [-0.1, -0.05) is 54.3 Å². The van der Waals surface area contributed by atoms with E-state index >= 15 is 0 Å². The highest BCUT2D eigenvalue weighted by atomic mass is 32.2. The van der Waals surface area contributed by atoms with E-state index in [1.165, 1.54) is 23.9 Å². The first-order valence-electron chi connectivity index (χ1n) is 7.07. The van der Waals surface area contributed by atoms with E-state index in [1.54, 1.807) is 23.1 Å². The number of carbonyl (C=O) groups is 1. The summed E-state index contributed by atoms with van der Waals surface area (Å²) < 4.78 is 13.5. The molecule has 1 aliphatic heterocycles. The van der Waals surface area contributed by atoms with Gasteiger partial charge in [0.05, 0.1) is 10.6 Å². The van der Waals surface area contributed by atoms with Gasteiger partial charge in [0.1, 0.15) is 5.82 Å². The Morgan fingerprint density at radius 2 is 1.70 bits per heavy atom. The monoisotopic (exact) mass is 343 g/mol. The van der Waals surface area contributed by atoms with Crippen molar-refractivity contribution in [2.75, 3.05) is 4.90 Å². The molecule has 1 heterocycles. The normalized spacial score (nSPS) is 16.5. The van der Waals surface area contributed by atoms with Gasteiger partial charge in [-0.15, -0.1) is 0 Å².